The van der Waals surface area contributed by atoms with Gasteiger partial charge in [-0.25, -0.2) is 0 Å². The van der Waals surface area contributed by atoms with Crippen molar-refractivity contribution in [2.75, 3.05) is 13.7 Å². The Morgan fingerprint density at radius 2 is 1.95 bits per heavy atom. The lowest BCUT2D eigenvalue weighted by Crippen LogP contribution is -2.34. The molecule has 2 heteroatoms. The molecule has 0 radical (unpaired) electrons. The minimum absolute atomic E-state index is 0.571. The molecule has 2 rings (SSSR count). The SMILES string of the molecule is COc1cccc(CC(CNC(C)C)C2CCCCC2)c1. The fourth-order valence-corrected chi connectivity index (χ4v) is 3.50. The van der Waals surface area contributed by atoms with Gasteiger partial charge in [-0.1, -0.05) is 58.1 Å². The van der Waals surface area contributed by atoms with Gasteiger partial charge in [-0.3, -0.25) is 0 Å². The second kappa shape index (κ2) is 8.43. The maximum Gasteiger partial charge on any atom is 0.119 e. The highest BCUT2D eigenvalue weighted by Gasteiger charge is 2.24. The molecule has 0 amide bonds. The van der Waals surface area contributed by atoms with Gasteiger partial charge in [0.2, 0.25) is 0 Å². The summed E-state index contributed by atoms with van der Waals surface area (Å²) < 4.78 is 5.36. The molecule has 0 saturated heterocycles. The first-order chi connectivity index (χ1) is 10.2. The van der Waals surface area contributed by atoms with Crippen molar-refractivity contribution >= 4 is 0 Å². The lowest BCUT2D eigenvalue weighted by molar-refractivity contribution is 0.236. The number of rotatable bonds is 7. The van der Waals surface area contributed by atoms with Crippen LogP contribution in [-0.4, -0.2) is 19.7 Å². The van der Waals surface area contributed by atoms with Crippen LogP contribution in [0.4, 0.5) is 0 Å². The highest BCUT2D eigenvalue weighted by atomic mass is 16.5. The van der Waals surface area contributed by atoms with Crippen molar-refractivity contribution < 1.29 is 4.74 Å². The maximum atomic E-state index is 5.36. The summed E-state index contributed by atoms with van der Waals surface area (Å²) in [5, 5.41) is 3.66. The minimum atomic E-state index is 0.571. The Labute approximate surface area is 130 Å². The molecule has 1 aromatic carbocycles. The van der Waals surface area contributed by atoms with E-state index in [1.807, 2.05) is 6.07 Å². The second-order valence-electron chi connectivity index (χ2n) is 6.78. The smallest absolute Gasteiger partial charge is 0.119 e. The molecular weight excluding hydrogens is 258 g/mol. The van der Waals surface area contributed by atoms with Crippen molar-refractivity contribution in [3.63, 3.8) is 0 Å². The molecular formula is C19H31NO. The molecule has 1 aromatic rings. The fourth-order valence-electron chi connectivity index (χ4n) is 3.50. The van der Waals surface area contributed by atoms with Crippen LogP contribution in [0.2, 0.25) is 0 Å². The molecule has 21 heavy (non-hydrogen) atoms. The monoisotopic (exact) mass is 289 g/mol. The molecule has 1 N–H and O–H groups in total. The van der Waals surface area contributed by atoms with Gasteiger partial charge in [-0.05, 0) is 42.5 Å². The number of methoxy groups -OCH3 is 1. The van der Waals surface area contributed by atoms with E-state index in [4.69, 9.17) is 4.74 Å². The van der Waals surface area contributed by atoms with Crippen LogP contribution < -0.4 is 10.1 Å². The number of nitrogens with one attached hydrogen (secondary N) is 1. The van der Waals surface area contributed by atoms with E-state index in [9.17, 15) is 0 Å². The normalized spacial score (nSPS) is 17.9. The van der Waals surface area contributed by atoms with Gasteiger partial charge in [-0.15, -0.1) is 0 Å². The predicted octanol–water partition coefficient (Wildman–Crippen LogP) is 4.43. The summed E-state index contributed by atoms with van der Waals surface area (Å²) in [4.78, 5) is 0. The maximum absolute atomic E-state index is 5.36. The van der Waals surface area contributed by atoms with Gasteiger partial charge in [0, 0.05) is 6.04 Å². The van der Waals surface area contributed by atoms with E-state index < -0.39 is 0 Å². The van der Waals surface area contributed by atoms with Crippen molar-refractivity contribution in [1.29, 1.82) is 0 Å². The van der Waals surface area contributed by atoms with E-state index in [-0.39, 0.29) is 0 Å². The Morgan fingerprint density at radius 3 is 2.62 bits per heavy atom. The molecule has 0 heterocycles. The van der Waals surface area contributed by atoms with Crippen molar-refractivity contribution in [3.05, 3.63) is 29.8 Å². The summed E-state index contributed by atoms with van der Waals surface area (Å²) in [5.74, 6) is 2.61. The molecule has 0 aliphatic heterocycles. The summed E-state index contributed by atoms with van der Waals surface area (Å²) in [6.45, 7) is 5.62. The zero-order chi connectivity index (χ0) is 15.1. The Morgan fingerprint density at radius 1 is 1.19 bits per heavy atom. The lowest BCUT2D eigenvalue weighted by Gasteiger charge is -2.31. The number of hydrogen-bond acceptors (Lipinski definition) is 2. The van der Waals surface area contributed by atoms with Crippen LogP contribution in [0.3, 0.4) is 0 Å². The third-order valence-electron chi connectivity index (χ3n) is 4.74. The van der Waals surface area contributed by atoms with E-state index in [1.165, 1.54) is 44.1 Å². The molecule has 0 aromatic heterocycles. The zero-order valence-corrected chi connectivity index (χ0v) is 13.9. The second-order valence-corrected chi connectivity index (χ2v) is 6.78. The van der Waals surface area contributed by atoms with Crippen LogP contribution in [-0.2, 0) is 6.42 Å². The molecule has 1 atom stereocenters. The standard InChI is InChI=1S/C19H31NO/c1-15(2)20-14-18(17-9-5-4-6-10-17)12-16-8-7-11-19(13-16)21-3/h7-8,11,13,15,17-18,20H,4-6,9-10,12,14H2,1-3H3. The van der Waals surface area contributed by atoms with Crippen LogP contribution in [0.1, 0.15) is 51.5 Å². The largest absolute Gasteiger partial charge is 0.497 e. The Hall–Kier alpha value is -1.02. The Bertz CT molecular complexity index is 410. The highest BCUT2D eigenvalue weighted by molar-refractivity contribution is 5.28. The summed E-state index contributed by atoms with van der Waals surface area (Å²) in [6.07, 6.45) is 8.26. The van der Waals surface area contributed by atoms with Crippen molar-refractivity contribution in [2.24, 2.45) is 11.8 Å². The van der Waals surface area contributed by atoms with Gasteiger partial charge in [-0.2, -0.15) is 0 Å². The van der Waals surface area contributed by atoms with Gasteiger partial charge in [0.1, 0.15) is 5.75 Å². The first kappa shape index (κ1) is 16.4. The average Bonchev–Trinajstić information content (AvgIpc) is 2.52. The quantitative estimate of drug-likeness (QED) is 0.801. The van der Waals surface area contributed by atoms with Crippen LogP contribution in [0, 0.1) is 11.8 Å². The van der Waals surface area contributed by atoms with Crippen LogP contribution in [0.5, 0.6) is 5.75 Å². The molecule has 1 aliphatic rings. The van der Waals surface area contributed by atoms with Crippen molar-refractivity contribution in [3.8, 4) is 5.75 Å². The topological polar surface area (TPSA) is 21.3 Å². The van der Waals surface area contributed by atoms with Gasteiger partial charge in [0.15, 0.2) is 0 Å². The summed E-state index contributed by atoms with van der Waals surface area (Å²) >= 11 is 0. The van der Waals surface area contributed by atoms with Crippen LogP contribution in [0.15, 0.2) is 24.3 Å². The van der Waals surface area contributed by atoms with Crippen molar-refractivity contribution in [2.45, 2.75) is 58.4 Å². The third kappa shape index (κ3) is 5.35. The van der Waals surface area contributed by atoms with Crippen LogP contribution >= 0.6 is 0 Å². The lowest BCUT2D eigenvalue weighted by atomic mass is 9.77. The van der Waals surface area contributed by atoms with Crippen molar-refractivity contribution in [1.82, 2.24) is 5.32 Å². The summed E-state index contributed by atoms with van der Waals surface area (Å²) in [5.41, 5.74) is 1.41. The predicted molar refractivity (Wildman–Crippen MR) is 89.9 cm³/mol. The number of hydrogen-bond donors (Lipinski definition) is 1. The molecule has 118 valence electrons. The van der Waals surface area contributed by atoms with Gasteiger partial charge < -0.3 is 10.1 Å². The molecule has 2 nitrogen and oxygen atoms in total. The van der Waals surface area contributed by atoms with E-state index in [1.54, 1.807) is 7.11 Å². The molecule has 0 spiro atoms. The summed E-state index contributed by atoms with van der Waals surface area (Å²) in [6, 6.07) is 9.16. The minimum Gasteiger partial charge on any atom is -0.497 e. The van der Waals surface area contributed by atoms with Crippen LogP contribution in [0.25, 0.3) is 0 Å². The highest BCUT2D eigenvalue weighted by Crippen LogP contribution is 2.32. The number of benzene rings is 1. The molecule has 1 aliphatic carbocycles. The summed E-state index contributed by atoms with van der Waals surface area (Å²) in [7, 11) is 1.75. The Balaban J connectivity index is 2.02. The first-order valence-corrected chi connectivity index (χ1v) is 8.55. The Kier molecular flexibility index (Phi) is 6.56. The molecule has 0 bridgehead atoms. The molecule has 1 unspecified atom stereocenters. The van der Waals surface area contributed by atoms with Gasteiger partial charge in [0.05, 0.1) is 7.11 Å². The first-order valence-electron chi connectivity index (χ1n) is 8.55. The fraction of sp³-hybridized carbons (Fsp3) is 0.684. The molecule has 1 fully saturated rings. The zero-order valence-electron chi connectivity index (χ0n) is 13.9. The molecule has 1 saturated carbocycles. The third-order valence-corrected chi connectivity index (χ3v) is 4.74. The van der Waals surface area contributed by atoms with E-state index in [0.29, 0.717) is 6.04 Å². The van der Waals surface area contributed by atoms with E-state index in [0.717, 1.165) is 24.1 Å². The van der Waals surface area contributed by atoms with Gasteiger partial charge >= 0.3 is 0 Å². The van der Waals surface area contributed by atoms with E-state index in [2.05, 4.69) is 37.4 Å². The number of ether oxygens (including phenoxy) is 1. The average molecular weight is 289 g/mol. The van der Waals surface area contributed by atoms with Gasteiger partial charge in [0.25, 0.3) is 0 Å². The van der Waals surface area contributed by atoms with E-state index >= 15 is 0 Å².